The Morgan fingerprint density at radius 1 is 1.19 bits per heavy atom. The highest BCUT2D eigenvalue weighted by molar-refractivity contribution is 9.10. The van der Waals surface area contributed by atoms with Crippen molar-refractivity contribution in [3.8, 4) is 11.3 Å². The molecule has 2 aromatic carbocycles. The van der Waals surface area contributed by atoms with E-state index >= 15 is 0 Å². The number of anilines is 2. The molecule has 2 N–H and O–H groups in total. The molecule has 0 saturated heterocycles. The van der Waals surface area contributed by atoms with Gasteiger partial charge in [0.1, 0.15) is 11.9 Å². The smallest absolute Gasteiger partial charge is 0.249 e. The summed E-state index contributed by atoms with van der Waals surface area (Å²) >= 11 is 3.37. The zero-order valence-corrected chi connectivity index (χ0v) is 16.2. The zero-order valence-electron chi connectivity index (χ0n) is 14.6. The van der Waals surface area contributed by atoms with Gasteiger partial charge in [-0.15, -0.1) is 0 Å². The van der Waals surface area contributed by atoms with Crippen LogP contribution in [0, 0.1) is 6.92 Å². The van der Waals surface area contributed by atoms with Gasteiger partial charge < -0.3 is 10.6 Å². The van der Waals surface area contributed by atoms with Crippen LogP contribution in [-0.2, 0) is 9.59 Å². The molecule has 3 aromatic rings. The van der Waals surface area contributed by atoms with Crippen LogP contribution in [0.1, 0.15) is 18.0 Å². The van der Waals surface area contributed by atoms with Gasteiger partial charge in [0.05, 0.1) is 12.1 Å². The summed E-state index contributed by atoms with van der Waals surface area (Å²) in [4.78, 5) is 24.9. The van der Waals surface area contributed by atoms with Crippen LogP contribution >= 0.6 is 15.9 Å². The Labute approximate surface area is 164 Å². The molecule has 27 heavy (non-hydrogen) atoms. The molecule has 1 aliphatic heterocycles. The SMILES string of the molecule is Cc1ccc(-c2cc3n(n2)[C@H](C(=O)Nc2ccc(Br)cc2)CC(=O)N3)cc1. The lowest BCUT2D eigenvalue weighted by Gasteiger charge is -2.23. The fraction of sp³-hybridized carbons (Fsp3) is 0.150. The molecule has 6 nitrogen and oxygen atoms in total. The maximum absolute atomic E-state index is 12.8. The lowest BCUT2D eigenvalue weighted by molar-refractivity contribution is -0.125. The maximum Gasteiger partial charge on any atom is 0.249 e. The first-order valence-electron chi connectivity index (χ1n) is 8.52. The third-order valence-corrected chi connectivity index (χ3v) is 4.97. The van der Waals surface area contributed by atoms with E-state index in [9.17, 15) is 9.59 Å². The summed E-state index contributed by atoms with van der Waals surface area (Å²) in [6, 6.07) is 16.3. The monoisotopic (exact) mass is 424 g/mol. The van der Waals surface area contributed by atoms with Gasteiger partial charge in [-0.05, 0) is 31.2 Å². The topological polar surface area (TPSA) is 76.0 Å². The largest absolute Gasteiger partial charge is 0.324 e. The molecule has 1 atom stereocenters. The van der Waals surface area contributed by atoms with Gasteiger partial charge in [-0.1, -0.05) is 45.8 Å². The van der Waals surface area contributed by atoms with E-state index in [-0.39, 0.29) is 18.2 Å². The minimum Gasteiger partial charge on any atom is -0.324 e. The van der Waals surface area contributed by atoms with Gasteiger partial charge in [0.15, 0.2) is 0 Å². The van der Waals surface area contributed by atoms with Gasteiger partial charge >= 0.3 is 0 Å². The molecule has 1 aromatic heterocycles. The van der Waals surface area contributed by atoms with Crippen LogP contribution in [0.2, 0.25) is 0 Å². The van der Waals surface area contributed by atoms with Gasteiger partial charge in [-0.25, -0.2) is 4.68 Å². The van der Waals surface area contributed by atoms with Crippen LogP contribution in [0.15, 0.2) is 59.1 Å². The van der Waals surface area contributed by atoms with Crippen molar-refractivity contribution in [1.82, 2.24) is 9.78 Å². The van der Waals surface area contributed by atoms with Crippen LogP contribution in [0.3, 0.4) is 0 Å². The number of carbonyl (C=O) groups is 2. The van der Waals surface area contributed by atoms with Crippen molar-refractivity contribution in [2.24, 2.45) is 0 Å². The molecule has 136 valence electrons. The Bertz CT molecular complexity index is 1010. The number of hydrogen-bond acceptors (Lipinski definition) is 3. The van der Waals surface area contributed by atoms with E-state index in [0.717, 1.165) is 15.6 Å². The van der Waals surface area contributed by atoms with Crippen LogP contribution in [0.4, 0.5) is 11.5 Å². The van der Waals surface area contributed by atoms with Crippen molar-refractivity contribution in [2.75, 3.05) is 10.6 Å². The average Bonchev–Trinajstić information content (AvgIpc) is 3.07. The van der Waals surface area contributed by atoms with Crippen molar-refractivity contribution >= 4 is 39.2 Å². The number of carbonyl (C=O) groups excluding carboxylic acids is 2. The summed E-state index contributed by atoms with van der Waals surface area (Å²) in [5, 5.41) is 10.2. The Hall–Kier alpha value is -2.93. The minimum atomic E-state index is -0.698. The molecule has 2 amide bonds. The molecular weight excluding hydrogens is 408 g/mol. The second-order valence-corrected chi connectivity index (χ2v) is 7.41. The van der Waals surface area contributed by atoms with Crippen LogP contribution in [0.25, 0.3) is 11.3 Å². The number of aromatic nitrogens is 2. The average molecular weight is 425 g/mol. The number of nitrogens with one attached hydrogen (secondary N) is 2. The Morgan fingerprint density at radius 3 is 2.59 bits per heavy atom. The quantitative estimate of drug-likeness (QED) is 0.662. The molecule has 0 unspecified atom stereocenters. The highest BCUT2D eigenvalue weighted by Gasteiger charge is 2.32. The summed E-state index contributed by atoms with van der Waals surface area (Å²) in [5.41, 5.74) is 3.47. The van der Waals surface area contributed by atoms with Gasteiger partial charge in [-0.3, -0.25) is 9.59 Å². The first-order valence-corrected chi connectivity index (χ1v) is 9.32. The molecule has 0 aliphatic carbocycles. The number of amides is 2. The van der Waals surface area contributed by atoms with Crippen molar-refractivity contribution in [1.29, 1.82) is 0 Å². The number of fused-ring (bicyclic) bond motifs is 1. The fourth-order valence-electron chi connectivity index (χ4n) is 3.01. The van der Waals surface area contributed by atoms with Gasteiger partial charge in [0.25, 0.3) is 0 Å². The number of benzene rings is 2. The lowest BCUT2D eigenvalue weighted by Crippen LogP contribution is -2.35. The number of hydrogen-bond donors (Lipinski definition) is 2. The van der Waals surface area contributed by atoms with E-state index in [1.165, 1.54) is 0 Å². The molecule has 0 spiro atoms. The molecular formula is C20H17BrN4O2. The first-order chi connectivity index (χ1) is 13.0. The Kier molecular flexibility index (Phi) is 4.53. The number of aryl methyl sites for hydroxylation is 1. The number of nitrogens with zero attached hydrogens (tertiary/aromatic N) is 2. The minimum absolute atomic E-state index is 0.0460. The third-order valence-electron chi connectivity index (χ3n) is 4.44. The van der Waals surface area contributed by atoms with Crippen molar-refractivity contribution in [2.45, 2.75) is 19.4 Å². The highest BCUT2D eigenvalue weighted by atomic mass is 79.9. The van der Waals surface area contributed by atoms with E-state index in [1.54, 1.807) is 22.9 Å². The van der Waals surface area contributed by atoms with Crippen molar-refractivity contribution in [3.63, 3.8) is 0 Å². The Morgan fingerprint density at radius 2 is 1.89 bits per heavy atom. The summed E-state index contributed by atoms with van der Waals surface area (Å²) in [6.07, 6.45) is 0.0460. The molecule has 0 fully saturated rings. The zero-order chi connectivity index (χ0) is 19.0. The van der Waals surface area contributed by atoms with E-state index < -0.39 is 6.04 Å². The normalized spacial score (nSPS) is 15.8. The van der Waals surface area contributed by atoms with Crippen molar-refractivity contribution in [3.05, 3.63) is 64.6 Å². The summed E-state index contributed by atoms with van der Waals surface area (Å²) < 4.78 is 2.51. The van der Waals surface area contributed by atoms with Crippen LogP contribution in [0.5, 0.6) is 0 Å². The number of halogens is 1. The van der Waals surface area contributed by atoms with Crippen LogP contribution < -0.4 is 10.6 Å². The standard InChI is InChI=1S/C20H17BrN4O2/c1-12-2-4-13(5-3-12)16-10-18-23-19(26)11-17(25(18)24-16)20(27)22-15-8-6-14(21)7-9-15/h2-10,17H,11H2,1H3,(H,22,27)(H,23,26)/t17-/m0/s1. The van der Waals surface area contributed by atoms with E-state index in [4.69, 9.17) is 0 Å². The highest BCUT2D eigenvalue weighted by Crippen LogP contribution is 2.30. The third kappa shape index (κ3) is 3.64. The van der Waals surface area contributed by atoms with Gasteiger partial charge in [0, 0.05) is 21.8 Å². The Balaban J connectivity index is 1.63. The molecule has 2 heterocycles. The van der Waals surface area contributed by atoms with Gasteiger partial charge in [0.2, 0.25) is 11.8 Å². The second kappa shape index (κ2) is 7.00. The lowest BCUT2D eigenvalue weighted by atomic mass is 10.1. The molecule has 0 saturated carbocycles. The number of rotatable bonds is 3. The summed E-state index contributed by atoms with van der Waals surface area (Å²) in [5.74, 6) is 0.0542. The fourth-order valence-corrected chi connectivity index (χ4v) is 3.27. The van der Waals surface area contributed by atoms with Crippen LogP contribution in [-0.4, -0.2) is 21.6 Å². The molecule has 1 aliphatic rings. The second-order valence-electron chi connectivity index (χ2n) is 6.49. The van der Waals surface area contributed by atoms with E-state index in [2.05, 4.69) is 31.7 Å². The molecule has 7 heteroatoms. The van der Waals surface area contributed by atoms with E-state index in [0.29, 0.717) is 17.2 Å². The first kappa shape index (κ1) is 17.5. The molecule has 0 bridgehead atoms. The predicted octanol–water partition coefficient (Wildman–Crippen LogP) is 4.14. The predicted molar refractivity (Wildman–Crippen MR) is 107 cm³/mol. The maximum atomic E-state index is 12.8. The summed E-state index contributed by atoms with van der Waals surface area (Å²) in [6.45, 7) is 2.02. The van der Waals surface area contributed by atoms with Gasteiger partial charge in [-0.2, -0.15) is 5.10 Å². The molecule has 4 rings (SSSR count). The summed E-state index contributed by atoms with van der Waals surface area (Å²) in [7, 11) is 0. The van der Waals surface area contributed by atoms with Crippen molar-refractivity contribution < 1.29 is 9.59 Å². The molecule has 0 radical (unpaired) electrons. The van der Waals surface area contributed by atoms with E-state index in [1.807, 2.05) is 43.3 Å².